The molecule has 1 aromatic carbocycles. The van der Waals surface area contributed by atoms with Crippen molar-refractivity contribution in [3.8, 4) is 11.8 Å². The third kappa shape index (κ3) is 3.14. The molecule has 76 valence electrons. The highest BCUT2D eigenvalue weighted by molar-refractivity contribution is 5.81. The zero-order valence-electron chi connectivity index (χ0n) is 8.49. The summed E-state index contributed by atoms with van der Waals surface area (Å²) in [6.07, 6.45) is 2.08. The first-order valence-corrected chi connectivity index (χ1v) is 5.18. The van der Waals surface area contributed by atoms with Crippen LogP contribution >= 0.6 is 0 Å². The van der Waals surface area contributed by atoms with Crippen LogP contribution < -0.4 is 5.32 Å². The summed E-state index contributed by atoms with van der Waals surface area (Å²) in [5.41, 5.74) is 0.984. The summed E-state index contributed by atoms with van der Waals surface area (Å²) < 4.78 is 0. The molecule has 1 N–H and O–H groups in total. The van der Waals surface area contributed by atoms with Gasteiger partial charge in [-0.05, 0) is 25.0 Å². The molecule has 1 amide bonds. The number of amides is 1. The van der Waals surface area contributed by atoms with Crippen LogP contribution in [0.4, 0.5) is 0 Å². The van der Waals surface area contributed by atoms with Crippen molar-refractivity contribution in [2.24, 2.45) is 5.92 Å². The van der Waals surface area contributed by atoms with Gasteiger partial charge < -0.3 is 5.32 Å². The summed E-state index contributed by atoms with van der Waals surface area (Å²) in [7, 11) is 0. The first-order valence-electron chi connectivity index (χ1n) is 5.18. The third-order valence-corrected chi connectivity index (χ3v) is 2.31. The molecule has 0 aliphatic heterocycles. The molecule has 2 heteroatoms. The lowest BCUT2D eigenvalue weighted by Gasteiger charge is -1.96. The molecule has 2 rings (SSSR count). The predicted molar refractivity (Wildman–Crippen MR) is 59.1 cm³/mol. The van der Waals surface area contributed by atoms with Crippen molar-refractivity contribution in [2.45, 2.75) is 12.8 Å². The predicted octanol–water partition coefficient (Wildman–Crippen LogP) is 1.56. The first kappa shape index (κ1) is 9.79. The van der Waals surface area contributed by atoms with Gasteiger partial charge in [0.25, 0.3) is 0 Å². The Bertz CT molecular complexity index is 396. The van der Waals surface area contributed by atoms with Crippen LogP contribution in [-0.4, -0.2) is 12.5 Å². The van der Waals surface area contributed by atoms with E-state index in [2.05, 4.69) is 17.2 Å². The Morgan fingerprint density at radius 1 is 1.33 bits per heavy atom. The molecule has 1 saturated carbocycles. The number of benzene rings is 1. The lowest BCUT2D eigenvalue weighted by Crippen LogP contribution is -2.24. The zero-order chi connectivity index (χ0) is 10.5. The van der Waals surface area contributed by atoms with E-state index in [1.807, 2.05) is 30.3 Å². The van der Waals surface area contributed by atoms with Crippen LogP contribution in [0.5, 0.6) is 0 Å². The molecule has 1 aromatic rings. The molecule has 1 fully saturated rings. The van der Waals surface area contributed by atoms with Gasteiger partial charge in [-0.1, -0.05) is 30.0 Å². The van der Waals surface area contributed by atoms with Crippen molar-refractivity contribution < 1.29 is 4.79 Å². The van der Waals surface area contributed by atoms with Gasteiger partial charge in [0.05, 0.1) is 6.54 Å². The van der Waals surface area contributed by atoms with Crippen molar-refractivity contribution in [3.05, 3.63) is 35.9 Å². The molecule has 0 spiro atoms. The Morgan fingerprint density at radius 2 is 2.07 bits per heavy atom. The van der Waals surface area contributed by atoms with Crippen LogP contribution in [0.1, 0.15) is 18.4 Å². The second-order valence-corrected chi connectivity index (χ2v) is 3.66. The number of carbonyl (C=O) groups is 1. The van der Waals surface area contributed by atoms with Crippen LogP contribution in [0.3, 0.4) is 0 Å². The molecule has 0 radical (unpaired) electrons. The monoisotopic (exact) mass is 199 g/mol. The van der Waals surface area contributed by atoms with Gasteiger partial charge in [0.15, 0.2) is 0 Å². The highest BCUT2D eigenvalue weighted by Gasteiger charge is 2.28. The molecule has 0 heterocycles. The summed E-state index contributed by atoms with van der Waals surface area (Å²) in [6.45, 7) is 0.449. The fraction of sp³-hybridized carbons (Fsp3) is 0.308. The summed E-state index contributed by atoms with van der Waals surface area (Å²) in [5, 5.41) is 2.80. The van der Waals surface area contributed by atoms with Crippen LogP contribution in [-0.2, 0) is 4.79 Å². The maximum absolute atomic E-state index is 11.2. The van der Waals surface area contributed by atoms with Gasteiger partial charge >= 0.3 is 0 Å². The minimum absolute atomic E-state index is 0.150. The van der Waals surface area contributed by atoms with E-state index in [-0.39, 0.29) is 11.8 Å². The van der Waals surface area contributed by atoms with Crippen LogP contribution in [0.2, 0.25) is 0 Å². The fourth-order valence-electron chi connectivity index (χ4n) is 1.29. The number of hydrogen-bond acceptors (Lipinski definition) is 1. The maximum atomic E-state index is 11.2. The van der Waals surface area contributed by atoms with Crippen LogP contribution in [0.15, 0.2) is 30.3 Å². The summed E-state index contributed by atoms with van der Waals surface area (Å²) in [5.74, 6) is 6.35. The average molecular weight is 199 g/mol. The smallest absolute Gasteiger partial charge is 0.223 e. The molecule has 2 nitrogen and oxygen atoms in total. The van der Waals surface area contributed by atoms with Crippen molar-refractivity contribution in [2.75, 3.05) is 6.54 Å². The van der Waals surface area contributed by atoms with Gasteiger partial charge in [-0.25, -0.2) is 0 Å². The van der Waals surface area contributed by atoms with Gasteiger partial charge in [-0.2, -0.15) is 0 Å². The molecule has 1 aliphatic rings. The minimum atomic E-state index is 0.150. The number of carbonyl (C=O) groups excluding carboxylic acids is 1. The van der Waals surface area contributed by atoms with E-state index in [1.54, 1.807) is 0 Å². The highest BCUT2D eigenvalue weighted by atomic mass is 16.2. The number of hydrogen-bond donors (Lipinski definition) is 1. The Morgan fingerprint density at radius 3 is 2.73 bits per heavy atom. The van der Waals surface area contributed by atoms with Crippen LogP contribution in [0.25, 0.3) is 0 Å². The topological polar surface area (TPSA) is 29.1 Å². The van der Waals surface area contributed by atoms with E-state index in [0.29, 0.717) is 6.54 Å². The highest BCUT2D eigenvalue weighted by Crippen LogP contribution is 2.28. The van der Waals surface area contributed by atoms with Gasteiger partial charge in [0.2, 0.25) is 5.91 Å². The number of nitrogens with one attached hydrogen (secondary N) is 1. The van der Waals surface area contributed by atoms with Gasteiger partial charge in [0, 0.05) is 11.5 Å². The lowest BCUT2D eigenvalue weighted by molar-refractivity contribution is -0.122. The zero-order valence-corrected chi connectivity index (χ0v) is 8.49. The second kappa shape index (κ2) is 4.65. The van der Waals surface area contributed by atoms with Gasteiger partial charge in [-0.15, -0.1) is 0 Å². The molecule has 0 unspecified atom stereocenters. The van der Waals surface area contributed by atoms with E-state index in [0.717, 1.165) is 18.4 Å². The minimum Gasteiger partial charge on any atom is -0.345 e. The first-order chi connectivity index (χ1) is 7.36. The van der Waals surface area contributed by atoms with Gasteiger partial charge in [-0.3, -0.25) is 4.79 Å². The maximum Gasteiger partial charge on any atom is 0.223 e. The molecule has 0 aromatic heterocycles. The van der Waals surface area contributed by atoms with Crippen molar-refractivity contribution in [3.63, 3.8) is 0 Å². The summed E-state index contributed by atoms with van der Waals surface area (Å²) in [6, 6.07) is 9.77. The van der Waals surface area contributed by atoms with E-state index in [1.165, 1.54) is 0 Å². The molecular formula is C13H13NO. The standard InChI is InChI=1S/C13H13NO/c15-13(12-8-9-12)14-10-4-7-11-5-2-1-3-6-11/h1-3,5-6,12H,8-10H2,(H,14,15). The lowest BCUT2D eigenvalue weighted by atomic mass is 10.2. The second-order valence-electron chi connectivity index (χ2n) is 3.66. The summed E-state index contributed by atoms with van der Waals surface area (Å²) >= 11 is 0. The Labute approximate surface area is 89.7 Å². The Balaban J connectivity index is 1.78. The van der Waals surface area contributed by atoms with E-state index < -0.39 is 0 Å². The largest absolute Gasteiger partial charge is 0.345 e. The van der Waals surface area contributed by atoms with Crippen molar-refractivity contribution in [1.29, 1.82) is 0 Å². The Kier molecular flexibility index (Phi) is 3.04. The van der Waals surface area contributed by atoms with Crippen LogP contribution in [0, 0.1) is 17.8 Å². The molecule has 0 atom stereocenters. The van der Waals surface area contributed by atoms with E-state index in [9.17, 15) is 4.79 Å². The van der Waals surface area contributed by atoms with E-state index >= 15 is 0 Å². The average Bonchev–Trinajstić information content (AvgIpc) is 3.09. The van der Waals surface area contributed by atoms with Crippen molar-refractivity contribution >= 4 is 5.91 Å². The third-order valence-electron chi connectivity index (χ3n) is 2.31. The Hall–Kier alpha value is -1.75. The fourth-order valence-corrected chi connectivity index (χ4v) is 1.29. The quantitative estimate of drug-likeness (QED) is 0.720. The number of rotatable bonds is 2. The normalized spacial score (nSPS) is 13.9. The SMILES string of the molecule is O=C(NCC#Cc1ccccc1)C1CC1. The van der Waals surface area contributed by atoms with Crippen molar-refractivity contribution in [1.82, 2.24) is 5.32 Å². The molecular weight excluding hydrogens is 186 g/mol. The molecule has 0 saturated heterocycles. The molecule has 15 heavy (non-hydrogen) atoms. The van der Waals surface area contributed by atoms with E-state index in [4.69, 9.17) is 0 Å². The molecule has 0 bridgehead atoms. The molecule has 1 aliphatic carbocycles. The summed E-state index contributed by atoms with van der Waals surface area (Å²) in [4.78, 5) is 11.2. The van der Waals surface area contributed by atoms with Gasteiger partial charge in [0.1, 0.15) is 0 Å².